The highest BCUT2D eigenvalue weighted by Gasteiger charge is 2.24. The highest BCUT2D eigenvalue weighted by molar-refractivity contribution is 6.30. The average Bonchev–Trinajstić information content (AvgIpc) is 2.82. The fraction of sp³-hybridized carbons (Fsp3) is 0.185. The lowest BCUT2D eigenvalue weighted by molar-refractivity contribution is 0.0984. The van der Waals surface area contributed by atoms with Gasteiger partial charge in [0, 0.05) is 54.8 Å². The molecular weight excluding hydrogens is 420 g/mol. The molecular formula is C27H25ClN2O2. The van der Waals surface area contributed by atoms with Crippen molar-refractivity contribution in [1.29, 1.82) is 0 Å². The molecule has 0 N–H and O–H groups in total. The molecule has 1 aliphatic rings. The van der Waals surface area contributed by atoms with Crippen LogP contribution in [0, 0.1) is 0 Å². The van der Waals surface area contributed by atoms with Gasteiger partial charge in [-0.1, -0.05) is 35.9 Å². The monoisotopic (exact) mass is 444 g/mol. The van der Waals surface area contributed by atoms with Crippen molar-refractivity contribution in [3.8, 4) is 11.1 Å². The lowest BCUT2D eigenvalue weighted by atomic mass is 9.96. The van der Waals surface area contributed by atoms with Crippen LogP contribution in [0.25, 0.3) is 11.1 Å². The number of amides is 1. The third-order valence-electron chi connectivity index (χ3n) is 5.56. The van der Waals surface area contributed by atoms with Gasteiger partial charge in [0.25, 0.3) is 5.91 Å². The number of carbonyl (C=O) groups excluding carboxylic acids is 2. The van der Waals surface area contributed by atoms with Crippen molar-refractivity contribution < 1.29 is 9.59 Å². The number of ketones is 1. The first-order valence-electron chi connectivity index (χ1n) is 10.6. The van der Waals surface area contributed by atoms with Gasteiger partial charge in [0.15, 0.2) is 5.78 Å². The Morgan fingerprint density at radius 3 is 2.19 bits per heavy atom. The smallest absolute Gasteiger partial charge is 0.258 e. The van der Waals surface area contributed by atoms with E-state index in [1.165, 1.54) is 0 Å². The second-order valence-electron chi connectivity index (χ2n) is 8.13. The van der Waals surface area contributed by atoms with E-state index < -0.39 is 0 Å². The lowest BCUT2D eigenvalue weighted by Gasteiger charge is -2.30. The zero-order valence-corrected chi connectivity index (χ0v) is 19.0. The van der Waals surface area contributed by atoms with Crippen molar-refractivity contribution in [1.82, 2.24) is 4.90 Å². The van der Waals surface area contributed by atoms with E-state index in [4.69, 9.17) is 11.6 Å². The SMILES string of the molecule is CN(C)C=CC(=O)c1ccc2c(c1)CCCN2C(=O)c1ccc(-c2ccc(Cl)cc2)cc1. The molecule has 3 aromatic carbocycles. The van der Waals surface area contributed by atoms with Crippen LogP contribution in [0.15, 0.2) is 79.0 Å². The number of hydrogen-bond donors (Lipinski definition) is 0. The maximum absolute atomic E-state index is 13.3. The van der Waals surface area contributed by atoms with Gasteiger partial charge in [-0.05, 0) is 72.0 Å². The van der Waals surface area contributed by atoms with Crippen LogP contribution < -0.4 is 4.90 Å². The Morgan fingerprint density at radius 2 is 1.53 bits per heavy atom. The van der Waals surface area contributed by atoms with Crippen LogP contribution in [0.1, 0.15) is 32.7 Å². The number of halogens is 1. The van der Waals surface area contributed by atoms with Crippen molar-refractivity contribution in [3.63, 3.8) is 0 Å². The fourth-order valence-corrected chi connectivity index (χ4v) is 4.00. The topological polar surface area (TPSA) is 40.6 Å². The number of anilines is 1. The van der Waals surface area contributed by atoms with Crippen LogP contribution >= 0.6 is 11.6 Å². The largest absolute Gasteiger partial charge is 0.383 e. The minimum Gasteiger partial charge on any atom is -0.383 e. The van der Waals surface area contributed by atoms with E-state index in [0.29, 0.717) is 22.7 Å². The van der Waals surface area contributed by atoms with E-state index in [-0.39, 0.29) is 11.7 Å². The van der Waals surface area contributed by atoms with Crippen LogP contribution in [-0.4, -0.2) is 37.2 Å². The molecule has 1 heterocycles. The van der Waals surface area contributed by atoms with Gasteiger partial charge >= 0.3 is 0 Å². The van der Waals surface area contributed by atoms with Gasteiger partial charge in [-0.3, -0.25) is 9.59 Å². The molecule has 3 aromatic rings. The standard InChI is InChI=1S/C27H25ClN2O2/c1-29(2)17-15-26(31)23-11-14-25-22(18-23)4-3-16-30(25)27(32)21-7-5-19(6-8-21)20-9-12-24(28)13-10-20/h5-15,17-18H,3-4,16H2,1-2H3. The van der Waals surface area contributed by atoms with E-state index in [1.807, 2.05) is 84.6 Å². The minimum atomic E-state index is -0.0391. The number of fused-ring (bicyclic) bond motifs is 1. The van der Waals surface area contributed by atoms with Crippen molar-refractivity contribution in [2.45, 2.75) is 12.8 Å². The van der Waals surface area contributed by atoms with Gasteiger partial charge < -0.3 is 9.80 Å². The molecule has 0 bridgehead atoms. The molecule has 0 radical (unpaired) electrons. The van der Waals surface area contributed by atoms with Gasteiger partial charge in [-0.15, -0.1) is 0 Å². The van der Waals surface area contributed by atoms with Crippen molar-refractivity contribution >= 4 is 29.0 Å². The van der Waals surface area contributed by atoms with Crippen molar-refractivity contribution in [2.24, 2.45) is 0 Å². The summed E-state index contributed by atoms with van der Waals surface area (Å²) in [5, 5.41) is 0.697. The molecule has 0 fully saturated rings. The Labute approximate surface area is 193 Å². The first kappa shape index (κ1) is 21.8. The lowest BCUT2D eigenvalue weighted by Crippen LogP contribution is -2.35. The van der Waals surface area contributed by atoms with E-state index in [9.17, 15) is 9.59 Å². The molecule has 162 valence electrons. The highest BCUT2D eigenvalue weighted by Crippen LogP contribution is 2.30. The van der Waals surface area contributed by atoms with Crippen LogP contribution in [0.2, 0.25) is 5.02 Å². The van der Waals surface area contributed by atoms with Gasteiger partial charge in [0.1, 0.15) is 0 Å². The minimum absolute atomic E-state index is 0.0276. The molecule has 1 amide bonds. The molecule has 0 atom stereocenters. The molecule has 5 heteroatoms. The highest BCUT2D eigenvalue weighted by atomic mass is 35.5. The summed E-state index contributed by atoms with van der Waals surface area (Å²) in [7, 11) is 3.75. The van der Waals surface area contributed by atoms with Crippen molar-refractivity contribution in [3.05, 3.63) is 101 Å². The Bertz CT molecular complexity index is 1170. The number of benzene rings is 3. The van der Waals surface area contributed by atoms with E-state index >= 15 is 0 Å². The predicted molar refractivity (Wildman–Crippen MR) is 130 cm³/mol. The van der Waals surface area contributed by atoms with E-state index in [1.54, 1.807) is 18.3 Å². The predicted octanol–water partition coefficient (Wildman–Crippen LogP) is 5.86. The van der Waals surface area contributed by atoms with Crippen LogP contribution in [0.4, 0.5) is 5.69 Å². The summed E-state index contributed by atoms with van der Waals surface area (Å²) < 4.78 is 0. The van der Waals surface area contributed by atoms with Gasteiger partial charge in [-0.25, -0.2) is 0 Å². The van der Waals surface area contributed by atoms with Crippen LogP contribution in [0.5, 0.6) is 0 Å². The maximum atomic E-state index is 13.3. The molecule has 0 saturated heterocycles. The molecule has 0 aromatic heterocycles. The molecule has 0 unspecified atom stereocenters. The zero-order chi connectivity index (χ0) is 22.7. The zero-order valence-electron chi connectivity index (χ0n) is 18.2. The third-order valence-corrected chi connectivity index (χ3v) is 5.81. The summed E-state index contributed by atoms with van der Waals surface area (Å²) in [5.41, 5.74) is 5.29. The number of aryl methyl sites for hydroxylation is 1. The number of nitrogens with zero attached hydrogens (tertiary/aromatic N) is 2. The Balaban J connectivity index is 1.55. The molecule has 0 spiro atoms. The molecule has 4 nitrogen and oxygen atoms in total. The second-order valence-corrected chi connectivity index (χ2v) is 8.57. The second kappa shape index (κ2) is 9.41. The summed E-state index contributed by atoms with van der Waals surface area (Å²) >= 11 is 5.97. The Kier molecular flexibility index (Phi) is 6.42. The maximum Gasteiger partial charge on any atom is 0.258 e. The summed E-state index contributed by atoms with van der Waals surface area (Å²) in [6.45, 7) is 0.665. The third kappa shape index (κ3) is 4.76. The quantitative estimate of drug-likeness (QED) is 0.365. The fourth-order valence-electron chi connectivity index (χ4n) is 3.88. The van der Waals surface area contributed by atoms with Gasteiger partial charge in [0.05, 0.1) is 0 Å². The van der Waals surface area contributed by atoms with Crippen molar-refractivity contribution in [2.75, 3.05) is 25.5 Å². The molecule has 1 aliphatic heterocycles. The molecule has 0 saturated carbocycles. The number of rotatable bonds is 5. The van der Waals surface area contributed by atoms with Gasteiger partial charge in [-0.2, -0.15) is 0 Å². The average molecular weight is 445 g/mol. The Morgan fingerprint density at radius 1 is 0.906 bits per heavy atom. The normalized spacial score (nSPS) is 13.2. The molecule has 32 heavy (non-hydrogen) atoms. The Hall–Kier alpha value is -3.37. The molecule has 0 aliphatic carbocycles. The van der Waals surface area contributed by atoms with E-state index in [2.05, 4.69) is 0 Å². The number of hydrogen-bond acceptors (Lipinski definition) is 3. The van der Waals surface area contributed by atoms with Crippen LogP contribution in [-0.2, 0) is 6.42 Å². The number of allylic oxidation sites excluding steroid dienone is 1. The summed E-state index contributed by atoms with van der Waals surface area (Å²) in [6.07, 6.45) is 5.03. The molecule has 4 rings (SSSR count). The van der Waals surface area contributed by atoms with Gasteiger partial charge in [0.2, 0.25) is 0 Å². The first-order chi connectivity index (χ1) is 15.4. The summed E-state index contributed by atoms with van der Waals surface area (Å²) in [6, 6.07) is 20.9. The van der Waals surface area contributed by atoms with E-state index in [0.717, 1.165) is 35.2 Å². The summed E-state index contributed by atoms with van der Waals surface area (Å²) in [4.78, 5) is 29.4. The first-order valence-corrected chi connectivity index (χ1v) is 11.0. The number of carbonyl (C=O) groups is 2. The summed E-state index contributed by atoms with van der Waals surface area (Å²) in [5.74, 6) is -0.0667. The van der Waals surface area contributed by atoms with Crippen LogP contribution in [0.3, 0.4) is 0 Å².